The Balaban J connectivity index is 2.95. The van der Waals surface area contributed by atoms with Crippen LogP contribution >= 0.6 is 34.8 Å². The molecule has 1 aromatic heterocycles. The van der Waals surface area contributed by atoms with Crippen molar-refractivity contribution in [1.29, 1.82) is 0 Å². The maximum absolute atomic E-state index is 5.99. The van der Waals surface area contributed by atoms with Crippen molar-refractivity contribution in [2.45, 2.75) is 0 Å². The van der Waals surface area contributed by atoms with Gasteiger partial charge in [-0.25, -0.2) is 0 Å². The summed E-state index contributed by atoms with van der Waals surface area (Å²) >= 11 is 17.8. The van der Waals surface area contributed by atoms with Gasteiger partial charge < -0.3 is 5.73 Å². The molecule has 1 heterocycles. The SMILES string of the molecule is Nc1cnc2c(Cl)cc(Cl)cc2c1Cl. The Morgan fingerprint density at radius 3 is 2.57 bits per heavy atom. The van der Waals surface area contributed by atoms with Crippen molar-refractivity contribution in [1.82, 2.24) is 4.98 Å². The average Bonchev–Trinajstić information content (AvgIpc) is 2.12. The van der Waals surface area contributed by atoms with E-state index in [1.165, 1.54) is 6.20 Å². The van der Waals surface area contributed by atoms with Crippen molar-refractivity contribution in [3.8, 4) is 0 Å². The molecule has 2 nitrogen and oxygen atoms in total. The summed E-state index contributed by atoms with van der Waals surface area (Å²) in [5.74, 6) is 0. The summed E-state index contributed by atoms with van der Waals surface area (Å²) in [6, 6.07) is 3.30. The van der Waals surface area contributed by atoms with E-state index in [0.29, 0.717) is 31.7 Å². The van der Waals surface area contributed by atoms with Crippen LogP contribution in [0.25, 0.3) is 10.9 Å². The van der Waals surface area contributed by atoms with Crippen LogP contribution in [0, 0.1) is 0 Å². The fourth-order valence-electron chi connectivity index (χ4n) is 1.21. The van der Waals surface area contributed by atoms with Gasteiger partial charge in [-0.15, -0.1) is 0 Å². The molecule has 0 aliphatic rings. The van der Waals surface area contributed by atoms with Crippen LogP contribution in [0.3, 0.4) is 0 Å². The van der Waals surface area contributed by atoms with Gasteiger partial charge >= 0.3 is 0 Å². The second-order valence-corrected chi connectivity index (χ2v) is 4.03. The van der Waals surface area contributed by atoms with Gasteiger partial charge in [-0.05, 0) is 12.1 Å². The standard InChI is InChI=1S/C9H5Cl3N2/c10-4-1-5-8(12)7(13)3-14-9(5)6(11)2-4/h1-3H,13H2. The zero-order chi connectivity index (χ0) is 10.3. The third-order valence-electron chi connectivity index (χ3n) is 1.85. The highest BCUT2D eigenvalue weighted by atomic mass is 35.5. The minimum absolute atomic E-state index is 0.414. The van der Waals surface area contributed by atoms with Crippen LogP contribution in [0.1, 0.15) is 0 Å². The lowest BCUT2D eigenvalue weighted by Crippen LogP contribution is -1.90. The molecule has 2 aromatic rings. The summed E-state index contributed by atoms with van der Waals surface area (Å²) < 4.78 is 0. The molecule has 72 valence electrons. The number of pyridine rings is 1. The Labute approximate surface area is 95.6 Å². The Morgan fingerprint density at radius 1 is 1.14 bits per heavy atom. The van der Waals surface area contributed by atoms with Crippen LogP contribution in [0.4, 0.5) is 5.69 Å². The molecule has 0 atom stereocenters. The maximum Gasteiger partial charge on any atom is 0.0905 e. The Morgan fingerprint density at radius 2 is 1.86 bits per heavy atom. The van der Waals surface area contributed by atoms with E-state index < -0.39 is 0 Å². The van der Waals surface area contributed by atoms with Crippen LogP contribution < -0.4 is 5.73 Å². The molecule has 0 amide bonds. The molecular formula is C9H5Cl3N2. The van der Waals surface area contributed by atoms with Crippen molar-refractivity contribution in [2.24, 2.45) is 0 Å². The maximum atomic E-state index is 5.99. The smallest absolute Gasteiger partial charge is 0.0905 e. The number of nitrogens with zero attached hydrogens (tertiary/aromatic N) is 1. The van der Waals surface area contributed by atoms with Crippen LogP contribution in [0.15, 0.2) is 18.3 Å². The number of anilines is 1. The molecule has 1 aromatic carbocycles. The van der Waals surface area contributed by atoms with Crippen molar-refractivity contribution in [2.75, 3.05) is 5.73 Å². The van der Waals surface area contributed by atoms with Gasteiger partial charge in [-0.3, -0.25) is 4.98 Å². The second-order valence-electron chi connectivity index (χ2n) is 2.81. The highest BCUT2D eigenvalue weighted by Crippen LogP contribution is 2.33. The lowest BCUT2D eigenvalue weighted by atomic mass is 10.2. The predicted octanol–water partition coefficient (Wildman–Crippen LogP) is 3.78. The third kappa shape index (κ3) is 1.50. The number of halogens is 3. The van der Waals surface area contributed by atoms with E-state index in [0.717, 1.165) is 0 Å². The number of rotatable bonds is 0. The molecular weight excluding hydrogens is 242 g/mol. The van der Waals surface area contributed by atoms with E-state index in [4.69, 9.17) is 40.5 Å². The van der Waals surface area contributed by atoms with E-state index in [9.17, 15) is 0 Å². The number of fused-ring (bicyclic) bond motifs is 1. The predicted molar refractivity (Wildman–Crippen MR) is 61.2 cm³/mol. The number of aromatic nitrogens is 1. The van der Waals surface area contributed by atoms with Gasteiger partial charge in [0.05, 0.1) is 27.4 Å². The van der Waals surface area contributed by atoms with Crippen LogP contribution in [0.2, 0.25) is 15.1 Å². The van der Waals surface area contributed by atoms with Gasteiger partial charge in [0.25, 0.3) is 0 Å². The minimum atomic E-state index is 0.414. The molecule has 0 aliphatic carbocycles. The normalized spacial score (nSPS) is 10.8. The summed E-state index contributed by atoms with van der Waals surface area (Å²) in [6.45, 7) is 0. The van der Waals surface area contributed by atoms with Gasteiger partial charge in [0.2, 0.25) is 0 Å². The van der Waals surface area contributed by atoms with Gasteiger partial charge in [-0.1, -0.05) is 34.8 Å². The fourth-order valence-corrected chi connectivity index (χ4v) is 1.95. The minimum Gasteiger partial charge on any atom is -0.396 e. The zero-order valence-electron chi connectivity index (χ0n) is 6.89. The van der Waals surface area contributed by atoms with Crippen molar-refractivity contribution >= 4 is 51.4 Å². The van der Waals surface area contributed by atoms with Gasteiger partial charge in [0.1, 0.15) is 0 Å². The average molecular weight is 248 g/mol. The molecule has 5 heteroatoms. The van der Waals surface area contributed by atoms with Crippen LogP contribution in [-0.2, 0) is 0 Å². The van der Waals surface area contributed by atoms with E-state index in [1.54, 1.807) is 12.1 Å². The lowest BCUT2D eigenvalue weighted by Gasteiger charge is -2.04. The molecule has 0 radical (unpaired) electrons. The summed E-state index contributed by atoms with van der Waals surface area (Å²) in [4.78, 5) is 4.08. The van der Waals surface area contributed by atoms with E-state index in [-0.39, 0.29) is 0 Å². The summed E-state index contributed by atoms with van der Waals surface area (Å²) in [5.41, 5.74) is 6.63. The van der Waals surface area contributed by atoms with Crippen LogP contribution in [0.5, 0.6) is 0 Å². The monoisotopic (exact) mass is 246 g/mol. The Bertz CT molecular complexity index is 511. The zero-order valence-corrected chi connectivity index (χ0v) is 9.16. The van der Waals surface area contributed by atoms with Crippen molar-refractivity contribution in [3.63, 3.8) is 0 Å². The molecule has 0 unspecified atom stereocenters. The number of hydrogen-bond donors (Lipinski definition) is 1. The molecule has 0 spiro atoms. The van der Waals surface area contributed by atoms with Gasteiger partial charge in [0, 0.05) is 10.4 Å². The van der Waals surface area contributed by atoms with E-state index in [1.807, 2.05) is 0 Å². The molecule has 0 bridgehead atoms. The molecule has 2 N–H and O–H groups in total. The highest BCUT2D eigenvalue weighted by molar-refractivity contribution is 6.42. The first-order valence-electron chi connectivity index (χ1n) is 3.78. The number of nitrogen functional groups attached to an aromatic ring is 1. The quantitative estimate of drug-likeness (QED) is 0.769. The number of benzene rings is 1. The third-order valence-corrected chi connectivity index (χ3v) is 2.78. The second kappa shape index (κ2) is 3.46. The highest BCUT2D eigenvalue weighted by Gasteiger charge is 2.08. The summed E-state index contributed by atoms with van der Waals surface area (Å²) in [7, 11) is 0. The molecule has 0 saturated carbocycles. The number of hydrogen-bond acceptors (Lipinski definition) is 2. The Hall–Kier alpha value is -0.700. The molecule has 14 heavy (non-hydrogen) atoms. The van der Waals surface area contributed by atoms with Crippen molar-refractivity contribution < 1.29 is 0 Å². The van der Waals surface area contributed by atoms with Gasteiger partial charge in [-0.2, -0.15) is 0 Å². The first kappa shape index (κ1) is 9.84. The number of nitrogens with two attached hydrogens (primary N) is 1. The fraction of sp³-hybridized carbons (Fsp3) is 0. The van der Waals surface area contributed by atoms with E-state index in [2.05, 4.69) is 4.98 Å². The molecule has 0 fully saturated rings. The topological polar surface area (TPSA) is 38.9 Å². The largest absolute Gasteiger partial charge is 0.396 e. The van der Waals surface area contributed by atoms with E-state index >= 15 is 0 Å². The first-order valence-corrected chi connectivity index (χ1v) is 4.91. The molecule has 2 rings (SSSR count). The van der Waals surface area contributed by atoms with Crippen molar-refractivity contribution in [3.05, 3.63) is 33.4 Å². The Kier molecular flexibility index (Phi) is 2.43. The molecule has 0 saturated heterocycles. The summed E-state index contributed by atoms with van der Waals surface area (Å²) in [5, 5.41) is 2.08. The van der Waals surface area contributed by atoms with Crippen LogP contribution in [-0.4, -0.2) is 4.98 Å². The lowest BCUT2D eigenvalue weighted by molar-refractivity contribution is 1.41. The van der Waals surface area contributed by atoms with Gasteiger partial charge in [0.15, 0.2) is 0 Å². The first-order chi connectivity index (χ1) is 6.59. The molecule has 0 aliphatic heterocycles. The summed E-state index contributed by atoms with van der Waals surface area (Å²) in [6.07, 6.45) is 1.48.